The molecule has 0 atom stereocenters. The molecule has 1 heterocycles. The topological polar surface area (TPSA) is 55.4 Å². The van der Waals surface area contributed by atoms with E-state index in [0.717, 1.165) is 0 Å². The van der Waals surface area contributed by atoms with Gasteiger partial charge in [0.2, 0.25) is 0 Å². The third kappa shape index (κ3) is 2.06. The highest BCUT2D eigenvalue weighted by Gasteiger charge is 2.26. The van der Waals surface area contributed by atoms with Gasteiger partial charge in [-0.2, -0.15) is 0 Å². The first-order chi connectivity index (χ1) is 9.13. The van der Waals surface area contributed by atoms with E-state index in [1.54, 1.807) is 6.07 Å². The third-order valence-corrected chi connectivity index (χ3v) is 2.76. The second-order valence-corrected chi connectivity index (χ2v) is 4.05. The van der Waals surface area contributed by atoms with E-state index in [1.165, 1.54) is 36.4 Å². The zero-order chi connectivity index (χ0) is 13.4. The van der Waals surface area contributed by atoms with Gasteiger partial charge in [0, 0.05) is 0 Å². The molecule has 2 aromatic rings. The second-order valence-electron chi connectivity index (χ2n) is 4.05. The lowest BCUT2D eigenvalue weighted by Crippen LogP contribution is -2.19. The molecule has 2 aromatic carbocycles. The first kappa shape index (κ1) is 11.4. The maximum atomic E-state index is 12.8. The Morgan fingerprint density at radius 1 is 0.842 bits per heavy atom. The van der Waals surface area contributed by atoms with Gasteiger partial charge in [-0.15, -0.1) is 0 Å². The molecule has 1 aliphatic heterocycles. The Hall–Kier alpha value is -2.69. The quantitative estimate of drug-likeness (QED) is 0.841. The van der Waals surface area contributed by atoms with Crippen molar-refractivity contribution in [1.29, 1.82) is 0 Å². The van der Waals surface area contributed by atoms with Gasteiger partial charge in [-0.25, -0.2) is 4.39 Å². The average Bonchev–Trinajstić information content (AvgIpc) is 2.68. The molecule has 0 spiro atoms. The summed E-state index contributed by atoms with van der Waals surface area (Å²) in [6.07, 6.45) is 0. The van der Waals surface area contributed by atoms with E-state index in [1.807, 2.05) is 0 Å². The van der Waals surface area contributed by atoms with Crippen LogP contribution in [0.15, 0.2) is 42.5 Å². The third-order valence-electron chi connectivity index (χ3n) is 2.76. The Bertz CT molecular complexity index is 680. The number of imide groups is 1. The number of fused-ring (bicyclic) bond motifs is 1. The Balaban J connectivity index is 1.91. The van der Waals surface area contributed by atoms with Crippen LogP contribution in [0.5, 0.6) is 11.5 Å². The molecule has 94 valence electrons. The van der Waals surface area contributed by atoms with Crippen molar-refractivity contribution in [1.82, 2.24) is 5.32 Å². The van der Waals surface area contributed by atoms with Crippen LogP contribution < -0.4 is 10.1 Å². The van der Waals surface area contributed by atoms with Crippen LogP contribution in [0.2, 0.25) is 0 Å². The van der Waals surface area contributed by atoms with Gasteiger partial charge in [-0.05, 0) is 42.5 Å². The van der Waals surface area contributed by atoms with Crippen LogP contribution in [0.1, 0.15) is 20.7 Å². The maximum Gasteiger partial charge on any atom is 0.259 e. The molecule has 0 saturated carbocycles. The number of carbonyl (C=O) groups is 2. The number of amides is 2. The minimum absolute atomic E-state index is 0.282. The van der Waals surface area contributed by atoms with Crippen LogP contribution in [0.3, 0.4) is 0 Å². The van der Waals surface area contributed by atoms with Crippen LogP contribution in [-0.4, -0.2) is 11.8 Å². The van der Waals surface area contributed by atoms with E-state index in [9.17, 15) is 14.0 Å². The smallest absolute Gasteiger partial charge is 0.259 e. The number of nitrogens with one attached hydrogen (secondary N) is 1. The minimum atomic E-state index is -0.440. The molecule has 0 aliphatic carbocycles. The fourth-order valence-electron chi connectivity index (χ4n) is 1.85. The molecule has 0 aromatic heterocycles. The largest absolute Gasteiger partial charge is 0.457 e. The van der Waals surface area contributed by atoms with Crippen LogP contribution in [0.4, 0.5) is 4.39 Å². The Labute approximate surface area is 107 Å². The molecule has 0 fully saturated rings. The van der Waals surface area contributed by atoms with Gasteiger partial charge in [0.15, 0.2) is 0 Å². The minimum Gasteiger partial charge on any atom is -0.457 e. The number of hydrogen-bond donors (Lipinski definition) is 1. The average molecular weight is 257 g/mol. The zero-order valence-corrected chi connectivity index (χ0v) is 9.64. The SMILES string of the molecule is O=C1NC(=O)c2cc(Oc3ccc(F)cc3)ccc21. The molecule has 5 heteroatoms. The number of halogens is 1. The summed E-state index contributed by atoms with van der Waals surface area (Å²) in [4.78, 5) is 22.9. The van der Waals surface area contributed by atoms with Gasteiger partial charge in [-0.1, -0.05) is 0 Å². The Kier molecular flexibility index (Phi) is 2.52. The molecule has 3 rings (SSSR count). The normalized spacial score (nSPS) is 13.1. The molecule has 0 radical (unpaired) electrons. The summed E-state index contributed by atoms with van der Waals surface area (Å²) < 4.78 is 18.2. The van der Waals surface area contributed by atoms with E-state index in [2.05, 4.69) is 5.32 Å². The second kappa shape index (κ2) is 4.20. The summed E-state index contributed by atoms with van der Waals surface area (Å²) in [5, 5.41) is 2.20. The van der Waals surface area contributed by atoms with Crippen molar-refractivity contribution in [2.24, 2.45) is 0 Å². The number of ether oxygens (including phenoxy) is 1. The summed E-state index contributed by atoms with van der Waals surface area (Å²) in [6.45, 7) is 0. The number of benzene rings is 2. The van der Waals surface area contributed by atoms with E-state index in [4.69, 9.17) is 4.74 Å². The summed E-state index contributed by atoms with van der Waals surface area (Å²) in [5.41, 5.74) is 0.612. The predicted octanol–water partition coefficient (Wildman–Crippen LogP) is 2.50. The van der Waals surface area contributed by atoms with E-state index in [0.29, 0.717) is 17.1 Å². The van der Waals surface area contributed by atoms with Gasteiger partial charge in [-0.3, -0.25) is 14.9 Å². The summed E-state index contributed by atoms with van der Waals surface area (Å²) in [7, 11) is 0. The van der Waals surface area contributed by atoms with Crippen molar-refractivity contribution in [2.75, 3.05) is 0 Å². The molecule has 0 unspecified atom stereocenters. The standard InChI is InChI=1S/C14H8FNO3/c15-8-1-3-9(4-2-8)19-10-5-6-11-12(7-10)14(18)16-13(11)17/h1-7H,(H,16,17,18). The monoisotopic (exact) mass is 257 g/mol. The molecule has 4 nitrogen and oxygen atoms in total. The predicted molar refractivity (Wildman–Crippen MR) is 64.7 cm³/mol. The van der Waals surface area contributed by atoms with Crippen LogP contribution in [0.25, 0.3) is 0 Å². The fourth-order valence-corrected chi connectivity index (χ4v) is 1.85. The fraction of sp³-hybridized carbons (Fsp3) is 0. The van der Waals surface area contributed by atoms with Crippen LogP contribution in [0, 0.1) is 5.82 Å². The van der Waals surface area contributed by atoms with Gasteiger partial charge >= 0.3 is 0 Å². The lowest BCUT2D eigenvalue weighted by atomic mass is 10.1. The van der Waals surface area contributed by atoms with Crippen LogP contribution in [-0.2, 0) is 0 Å². The van der Waals surface area contributed by atoms with Crippen molar-refractivity contribution in [3.8, 4) is 11.5 Å². The summed E-state index contributed by atoms with van der Waals surface area (Å²) in [6, 6.07) is 10.1. The van der Waals surface area contributed by atoms with Crippen molar-refractivity contribution >= 4 is 11.8 Å². The number of rotatable bonds is 2. The molecule has 0 bridgehead atoms. The summed E-state index contributed by atoms with van der Waals surface area (Å²) in [5.74, 6) is -0.342. The lowest BCUT2D eigenvalue weighted by molar-refractivity contribution is 0.0879. The molecule has 19 heavy (non-hydrogen) atoms. The van der Waals surface area contributed by atoms with Gasteiger partial charge in [0.1, 0.15) is 17.3 Å². The highest BCUT2D eigenvalue weighted by molar-refractivity contribution is 6.21. The first-order valence-electron chi connectivity index (χ1n) is 5.56. The number of hydrogen-bond acceptors (Lipinski definition) is 3. The molecule has 0 saturated heterocycles. The first-order valence-corrected chi connectivity index (χ1v) is 5.56. The van der Waals surface area contributed by atoms with Crippen molar-refractivity contribution in [2.45, 2.75) is 0 Å². The molecular weight excluding hydrogens is 249 g/mol. The van der Waals surface area contributed by atoms with E-state index in [-0.39, 0.29) is 11.4 Å². The van der Waals surface area contributed by atoms with Crippen LogP contribution >= 0.6 is 0 Å². The maximum absolute atomic E-state index is 12.8. The van der Waals surface area contributed by atoms with Gasteiger partial charge in [0.05, 0.1) is 11.1 Å². The molecule has 1 aliphatic rings. The van der Waals surface area contributed by atoms with Gasteiger partial charge in [0.25, 0.3) is 11.8 Å². The Morgan fingerprint density at radius 2 is 1.47 bits per heavy atom. The van der Waals surface area contributed by atoms with E-state index < -0.39 is 11.8 Å². The summed E-state index contributed by atoms with van der Waals surface area (Å²) >= 11 is 0. The van der Waals surface area contributed by atoms with Crippen molar-refractivity contribution < 1.29 is 18.7 Å². The van der Waals surface area contributed by atoms with Gasteiger partial charge < -0.3 is 4.74 Å². The zero-order valence-electron chi connectivity index (χ0n) is 9.64. The highest BCUT2D eigenvalue weighted by atomic mass is 19.1. The molecule has 2 amide bonds. The molecular formula is C14H8FNO3. The molecule has 1 N–H and O–H groups in total. The van der Waals surface area contributed by atoms with Crippen molar-refractivity contribution in [3.63, 3.8) is 0 Å². The van der Waals surface area contributed by atoms with Crippen molar-refractivity contribution in [3.05, 3.63) is 59.4 Å². The number of carbonyl (C=O) groups excluding carboxylic acids is 2. The van der Waals surface area contributed by atoms with E-state index >= 15 is 0 Å². The highest BCUT2D eigenvalue weighted by Crippen LogP contribution is 2.26. The Morgan fingerprint density at radius 3 is 2.21 bits per heavy atom. The lowest BCUT2D eigenvalue weighted by Gasteiger charge is -2.06.